The molecule has 0 aromatic heterocycles. The van der Waals surface area contributed by atoms with Crippen LogP contribution in [-0.2, 0) is 9.84 Å². The standard InChI is InChI=1S/C14H31N3O2S/c1-6-7-8-9-10-16-13(15-5)17-11-12-20(18,19)14(2,3)4/h6-12H2,1-5H3,(H2,15,16,17). The van der Waals surface area contributed by atoms with Crippen LogP contribution >= 0.6 is 0 Å². The topological polar surface area (TPSA) is 70.6 Å². The Hall–Kier alpha value is -0.780. The largest absolute Gasteiger partial charge is 0.356 e. The van der Waals surface area contributed by atoms with Gasteiger partial charge in [0.2, 0.25) is 0 Å². The lowest BCUT2D eigenvalue weighted by Crippen LogP contribution is -2.42. The fraction of sp³-hybridized carbons (Fsp3) is 0.929. The number of sulfone groups is 1. The highest BCUT2D eigenvalue weighted by Crippen LogP contribution is 2.15. The van der Waals surface area contributed by atoms with Gasteiger partial charge in [-0.25, -0.2) is 8.42 Å². The summed E-state index contributed by atoms with van der Waals surface area (Å²) >= 11 is 0. The lowest BCUT2D eigenvalue weighted by atomic mass is 10.2. The number of unbranched alkanes of at least 4 members (excludes halogenated alkanes) is 3. The van der Waals surface area contributed by atoms with Crippen molar-refractivity contribution in [2.45, 2.75) is 58.1 Å². The second kappa shape index (κ2) is 9.21. The molecule has 20 heavy (non-hydrogen) atoms. The third-order valence-corrected chi connectivity index (χ3v) is 5.75. The third kappa shape index (κ3) is 7.72. The van der Waals surface area contributed by atoms with Crippen LogP contribution in [0.15, 0.2) is 4.99 Å². The molecule has 0 aromatic rings. The molecule has 0 aliphatic rings. The molecule has 2 N–H and O–H groups in total. The number of rotatable bonds is 8. The Kier molecular flexibility index (Phi) is 8.85. The minimum Gasteiger partial charge on any atom is -0.356 e. The summed E-state index contributed by atoms with van der Waals surface area (Å²) in [5, 5.41) is 6.25. The smallest absolute Gasteiger partial charge is 0.191 e. The molecule has 0 rings (SSSR count). The molecule has 0 spiro atoms. The van der Waals surface area contributed by atoms with Gasteiger partial charge in [0.1, 0.15) is 0 Å². The van der Waals surface area contributed by atoms with Gasteiger partial charge in [0.25, 0.3) is 0 Å². The molecule has 0 aliphatic carbocycles. The molecule has 120 valence electrons. The van der Waals surface area contributed by atoms with Gasteiger partial charge < -0.3 is 10.6 Å². The molecule has 5 nitrogen and oxygen atoms in total. The van der Waals surface area contributed by atoms with Gasteiger partial charge in [-0.1, -0.05) is 26.2 Å². The van der Waals surface area contributed by atoms with Crippen molar-refractivity contribution in [2.75, 3.05) is 25.9 Å². The van der Waals surface area contributed by atoms with Crippen molar-refractivity contribution in [3.8, 4) is 0 Å². The molecule has 0 saturated heterocycles. The highest BCUT2D eigenvalue weighted by molar-refractivity contribution is 7.92. The van der Waals surface area contributed by atoms with Crippen molar-refractivity contribution in [3.05, 3.63) is 0 Å². The van der Waals surface area contributed by atoms with Crippen molar-refractivity contribution in [3.63, 3.8) is 0 Å². The van der Waals surface area contributed by atoms with E-state index in [0.717, 1.165) is 13.0 Å². The Morgan fingerprint density at radius 3 is 2.15 bits per heavy atom. The fourth-order valence-corrected chi connectivity index (χ4v) is 2.57. The zero-order valence-corrected chi connectivity index (χ0v) is 14.4. The van der Waals surface area contributed by atoms with Crippen LogP contribution in [0.4, 0.5) is 0 Å². The van der Waals surface area contributed by atoms with E-state index in [0.29, 0.717) is 12.5 Å². The summed E-state index contributed by atoms with van der Waals surface area (Å²) in [6.07, 6.45) is 4.78. The van der Waals surface area contributed by atoms with Crippen LogP contribution in [0.25, 0.3) is 0 Å². The maximum Gasteiger partial charge on any atom is 0.191 e. The first-order valence-corrected chi connectivity index (χ1v) is 9.06. The molecule has 0 amide bonds. The summed E-state index contributed by atoms with van der Waals surface area (Å²) in [4.78, 5) is 4.09. The van der Waals surface area contributed by atoms with Crippen LogP contribution in [0.5, 0.6) is 0 Å². The first kappa shape index (κ1) is 19.2. The van der Waals surface area contributed by atoms with Crippen LogP contribution < -0.4 is 10.6 Å². The lowest BCUT2D eigenvalue weighted by Gasteiger charge is -2.19. The molecular weight excluding hydrogens is 274 g/mol. The SMILES string of the molecule is CCCCCCNC(=NC)NCCS(=O)(=O)C(C)(C)C. The lowest BCUT2D eigenvalue weighted by molar-refractivity contribution is 0.559. The van der Waals surface area contributed by atoms with Gasteiger partial charge in [0.15, 0.2) is 15.8 Å². The average molecular weight is 305 g/mol. The molecule has 0 bridgehead atoms. The Bertz CT molecular complexity index is 384. The second-order valence-corrected chi connectivity index (χ2v) is 8.78. The summed E-state index contributed by atoms with van der Waals surface area (Å²) in [5.41, 5.74) is 0. The minimum atomic E-state index is -3.08. The normalized spacial score (nSPS) is 13.3. The maximum absolute atomic E-state index is 12.0. The zero-order valence-electron chi connectivity index (χ0n) is 13.6. The van der Waals surface area contributed by atoms with Gasteiger partial charge >= 0.3 is 0 Å². The Labute approximate surface area is 124 Å². The predicted molar refractivity (Wildman–Crippen MR) is 87.0 cm³/mol. The molecule has 0 aromatic carbocycles. The van der Waals surface area contributed by atoms with E-state index in [1.54, 1.807) is 27.8 Å². The highest BCUT2D eigenvalue weighted by atomic mass is 32.2. The first-order chi connectivity index (χ1) is 9.24. The Morgan fingerprint density at radius 2 is 1.65 bits per heavy atom. The summed E-state index contributed by atoms with van der Waals surface area (Å²) in [6.45, 7) is 8.61. The predicted octanol–water partition coefficient (Wildman–Crippen LogP) is 1.94. The Morgan fingerprint density at radius 1 is 1.05 bits per heavy atom. The van der Waals surface area contributed by atoms with Crippen LogP contribution in [0, 0.1) is 0 Å². The maximum atomic E-state index is 12.0. The summed E-state index contributed by atoms with van der Waals surface area (Å²) < 4.78 is 23.2. The van der Waals surface area contributed by atoms with Crippen molar-refractivity contribution < 1.29 is 8.42 Å². The number of hydrogen-bond acceptors (Lipinski definition) is 3. The number of aliphatic imine (C=N–C) groups is 1. The minimum absolute atomic E-state index is 0.118. The molecule has 0 saturated carbocycles. The molecule has 0 unspecified atom stereocenters. The third-order valence-electron chi connectivity index (χ3n) is 3.14. The molecule has 0 radical (unpaired) electrons. The van der Waals surface area contributed by atoms with Crippen molar-refractivity contribution >= 4 is 15.8 Å². The molecule has 6 heteroatoms. The molecule has 0 atom stereocenters. The molecule has 0 fully saturated rings. The quantitative estimate of drug-likeness (QED) is 0.408. The molecular formula is C14H31N3O2S. The number of guanidine groups is 1. The second-order valence-electron chi connectivity index (χ2n) is 5.92. The van der Waals surface area contributed by atoms with Gasteiger partial charge in [-0.05, 0) is 27.2 Å². The van der Waals surface area contributed by atoms with E-state index in [1.807, 2.05) is 0 Å². The summed E-state index contributed by atoms with van der Waals surface area (Å²) in [7, 11) is -1.39. The van der Waals surface area contributed by atoms with Crippen molar-refractivity contribution in [1.82, 2.24) is 10.6 Å². The van der Waals surface area contributed by atoms with Crippen LogP contribution in [-0.4, -0.2) is 45.0 Å². The van der Waals surface area contributed by atoms with Gasteiger partial charge in [0.05, 0.1) is 10.5 Å². The van der Waals surface area contributed by atoms with E-state index < -0.39 is 14.6 Å². The number of hydrogen-bond donors (Lipinski definition) is 2. The monoisotopic (exact) mass is 305 g/mol. The van der Waals surface area contributed by atoms with E-state index >= 15 is 0 Å². The van der Waals surface area contributed by atoms with E-state index in [2.05, 4.69) is 22.5 Å². The highest BCUT2D eigenvalue weighted by Gasteiger charge is 2.28. The summed E-state index contributed by atoms with van der Waals surface area (Å²) in [5.74, 6) is 0.790. The van der Waals surface area contributed by atoms with Crippen LogP contribution in [0.2, 0.25) is 0 Å². The van der Waals surface area contributed by atoms with E-state index in [9.17, 15) is 8.42 Å². The fourth-order valence-electron chi connectivity index (χ4n) is 1.59. The number of nitrogens with zero attached hydrogens (tertiary/aromatic N) is 1. The van der Waals surface area contributed by atoms with E-state index in [1.165, 1.54) is 19.3 Å². The zero-order chi connectivity index (χ0) is 15.6. The molecule has 0 aliphatic heterocycles. The van der Waals surface area contributed by atoms with Crippen molar-refractivity contribution in [1.29, 1.82) is 0 Å². The van der Waals surface area contributed by atoms with Crippen LogP contribution in [0.3, 0.4) is 0 Å². The van der Waals surface area contributed by atoms with E-state index in [4.69, 9.17) is 0 Å². The molecule has 0 heterocycles. The van der Waals surface area contributed by atoms with Gasteiger partial charge in [-0.3, -0.25) is 4.99 Å². The first-order valence-electron chi connectivity index (χ1n) is 7.41. The average Bonchev–Trinajstić information content (AvgIpc) is 2.35. The van der Waals surface area contributed by atoms with E-state index in [-0.39, 0.29) is 5.75 Å². The van der Waals surface area contributed by atoms with Crippen LogP contribution in [0.1, 0.15) is 53.4 Å². The number of nitrogens with one attached hydrogen (secondary N) is 2. The summed E-state index contributed by atoms with van der Waals surface area (Å²) in [6, 6.07) is 0. The van der Waals surface area contributed by atoms with Gasteiger partial charge in [0, 0.05) is 20.1 Å². The van der Waals surface area contributed by atoms with Gasteiger partial charge in [-0.2, -0.15) is 0 Å². The van der Waals surface area contributed by atoms with Crippen molar-refractivity contribution in [2.24, 2.45) is 4.99 Å². The Balaban J connectivity index is 3.98. The van der Waals surface area contributed by atoms with Gasteiger partial charge in [-0.15, -0.1) is 0 Å².